The average Bonchev–Trinajstić information content (AvgIpc) is 3.23. The number of carbonyl (C=O) groups excluding carboxylic acids is 1. The van der Waals surface area contributed by atoms with E-state index in [0.717, 1.165) is 30.0 Å². The number of hydrogen-bond donors (Lipinski definition) is 1. The third-order valence-corrected chi connectivity index (χ3v) is 5.35. The summed E-state index contributed by atoms with van der Waals surface area (Å²) in [6, 6.07) is 8.60. The summed E-state index contributed by atoms with van der Waals surface area (Å²) in [6.45, 7) is 5.67. The summed E-state index contributed by atoms with van der Waals surface area (Å²) in [7, 11) is 0. The van der Waals surface area contributed by atoms with Crippen LogP contribution in [0.4, 0.5) is 0 Å². The minimum absolute atomic E-state index is 0.0132. The lowest BCUT2D eigenvalue weighted by atomic mass is 10.0. The molecular weight excluding hydrogens is 306 g/mol. The molecule has 1 unspecified atom stereocenters. The van der Waals surface area contributed by atoms with Crippen LogP contribution in [0.15, 0.2) is 29.6 Å². The Morgan fingerprint density at radius 2 is 2.13 bits per heavy atom. The van der Waals surface area contributed by atoms with Gasteiger partial charge in [-0.05, 0) is 24.3 Å². The molecule has 0 aliphatic carbocycles. The highest BCUT2D eigenvalue weighted by atomic mass is 32.1. The Labute approximate surface area is 141 Å². The molecule has 4 nitrogen and oxygen atoms in total. The van der Waals surface area contributed by atoms with E-state index in [1.54, 1.807) is 0 Å². The summed E-state index contributed by atoms with van der Waals surface area (Å²) < 4.78 is 0. The van der Waals surface area contributed by atoms with Crippen LogP contribution in [0.2, 0.25) is 0 Å². The predicted molar refractivity (Wildman–Crippen MR) is 94.8 cm³/mol. The molecule has 23 heavy (non-hydrogen) atoms. The number of aromatic nitrogens is 1. The maximum atomic E-state index is 12.6. The molecule has 1 aliphatic heterocycles. The van der Waals surface area contributed by atoms with E-state index in [0.29, 0.717) is 18.2 Å². The fourth-order valence-electron chi connectivity index (χ4n) is 3.01. The number of amides is 1. The van der Waals surface area contributed by atoms with Crippen molar-refractivity contribution in [1.82, 2.24) is 9.88 Å². The molecule has 1 saturated heterocycles. The van der Waals surface area contributed by atoms with Crippen molar-refractivity contribution in [3.63, 3.8) is 0 Å². The fourth-order valence-corrected chi connectivity index (χ4v) is 3.81. The van der Waals surface area contributed by atoms with Crippen LogP contribution in [-0.2, 0) is 0 Å². The van der Waals surface area contributed by atoms with E-state index in [4.69, 9.17) is 5.73 Å². The zero-order valence-corrected chi connectivity index (χ0v) is 14.5. The average molecular weight is 329 g/mol. The molecule has 1 amide bonds. The van der Waals surface area contributed by atoms with Crippen molar-refractivity contribution < 1.29 is 4.79 Å². The zero-order valence-electron chi connectivity index (χ0n) is 13.7. The van der Waals surface area contributed by atoms with Crippen LogP contribution < -0.4 is 5.73 Å². The number of benzene rings is 1. The van der Waals surface area contributed by atoms with Gasteiger partial charge < -0.3 is 10.6 Å². The molecule has 1 aliphatic rings. The number of nitrogens with zero attached hydrogens (tertiary/aromatic N) is 2. The smallest absolute Gasteiger partial charge is 0.273 e. The molecule has 0 spiro atoms. The van der Waals surface area contributed by atoms with E-state index in [9.17, 15) is 4.79 Å². The second kappa shape index (κ2) is 6.81. The molecule has 0 saturated carbocycles. The van der Waals surface area contributed by atoms with Gasteiger partial charge >= 0.3 is 0 Å². The first kappa shape index (κ1) is 16.1. The van der Waals surface area contributed by atoms with Crippen molar-refractivity contribution in [2.75, 3.05) is 13.1 Å². The van der Waals surface area contributed by atoms with E-state index in [1.165, 1.54) is 16.9 Å². The topological polar surface area (TPSA) is 59.2 Å². The minimum Gasteiger partial charge on any atom is -0.333 e. The van der Waals surface area contributed by atoms with Gasteiger partial charge in [0.2, 0.25) is 0 Å². The lowest BCUT2D eigenvalue weighted by Crippen LogP contribution is -2.40. The highest BCUT2D eigenvalue weighted by Gasteiger charge is 2.29. The molecule has 3 rings (SSSR count). The summed E-state index contributed by atoms with van der Waals surface area (Å²) in [5, 5.41) is 2.76. The first-order valence-corrected chi connectivity index (χ1v) is 9.05. The van der Waals surface area contributed by atoms with Crippen LogP contribution in [0.5, 0.6) is 0 Å². The number of carbonyl (C=O) groups is 1. The third-order valence-electron chi connectivity index (χ3n) is 4.46. The first-order chi connectivity index (χ1) is 11.1. The molecule has 122 valence electrons. The fraction of sp³-hybridized carbons (Fsp3) is 0.444. The van der Waals surface area contributed by atoms with Gasteiger partial charge in [-0.15, -0.1) is 11.3 Å². The summed E-state index contributed by atoms with van der Waals surface area (Å²) in [4.78, 5) is 19.0. The van der Waals surface area contributed by atoms with Crippen LogP contribution in [0, 0.1) is 0 Å². The van der Waals surface area contributed by atoms with Gasteiger partial charge in [0.05, 0.1) is 0 Å². The largest absolute Gasteiger partial charge is 0.333 e. The van der Waals surface area contributed by atoms with Crippen molar-refractivity contribution in [3.8, 4) is 10.6 Å². The van der Waals surface area contributed by atoms with Gasteiger partial charge in [-0.1, -0.05) is 38.1 Å². The van der Waals surface area contributed by atoms with Gasteiger partial charge in [0, 0.05) is 30.1 Å². The van der Waals surface area contributed by atoms with Crippen molar-refractivity contribution in [2.45, 2.75) is 38.6 Å². The molecule has 2 aromatic rings. The molecule has 1 atom stereocenters. The van der Waals surface area contributed by atoms with Gasteiger partial charge in [0.25, 0.3) is 5.91 Å². The Kier molecular flexibility index (Phi) is 4.78. The maximum absolute atomic E-state index is 12.6. The second-order valence-electron chi connectivity index (χ2n) is 6.34. The van der Waals surface area contributed by atoms with Crippen LogP contribution in [0.25, 0.3) is 10.6 Å². The molecule has 0 bridgehead atoms. The summed E-state index contributed by atoms with van der Waals surface area (Å²) in [5.74, 6) is 0.528. The lowest BCUT2D eigenvalue weighted by Gasteiger charge is -2.22. The van der Waals surface area contributed by atoms with Crippen LogP contribution in [-0.4, -0.2) is 34.9 Å². The van der Waals surface area contributed by atoms with Crippen LogP contribution in [0.3, 0.4) is 0 Å². The highest BCUT2D eigenvalue weighted by molar-refractivity contribution is 7.13. The molecule has 1 fully saturated rings. The summed E-state index contributed by atoms with van der Waals surface area (Å²) >= 11 is 1.52. The van der Waals surface area contributed by atoms with E-state index >= 15 is 0 Å². The Balaban J connectivity index is 1.78. The Hall–Kier alpha value is -1.72. The number of hydrogen-bond acceptors (Lipinski definition) is 4. The molecule has 0 radical (unpaired) electrons. The normalized spacial score (nSPS) is 17.9. The summed E-state index contributed by atoms with van der Waals surface area (Å²) in [5.41, 5.74) is 8.68. The molecule has 2 heterocycles. The van der Waals surface area contributed by atoms with Crippen molar-refractivity contribution in [1.29, 1.82) is 0 Å². The minimum atomic E-state index is 0.0132. The van der Waals surface area contributed by atoms with Gasteiger partial charge in [-0.25, -0.2) is 4.98 Å². The number of thiazole rings is 1. The molecule has 1 aromatic heterocycles. The lowest BCUT2D eigenvalue weighted by molar-refractivity contribution is 0.0736. The Morgan fingerprint density at radius 1 is 1.39 bits per heavy atom. The van der Waals surface area contributed by atoms with Crippen molar-refractivity contribution in [2.24, 2.45) is 5.73 Å². The highest BCUT2D eigenvalue weighted by Crippen LogP contribution is 2.27. The Bertz CT molecular complexity index is 678. The van der Waals surface area contributed by atoms with Crippen LogP contribution in [0.1, 0.15) is 48.7 Å². The zero-order chi connectivity index (χ0) is 16.4. The standard InChI is InChI=1S/C18H23N3OS/c1-12(2)13-5-7-14(8-6-13)17-20-16(11-23-17)18(22)21-9-3-4-15(21)10-19/h5-8,11-12,15H,3-4,9-10,19H2,1-2H3. The number of rotatable bonds is 4. The molecule has 5 heteroatoms. The quantitative estimate of drug-likeness (QED) is 0.934. The van der Waals surface area contributed by atoms with Gasteiger partial charge in [-0.2, -0.15) is 0 Å². The van der Waals surface area contributed by atoms with Crippen molar-refractivity contribution in [3.05, 3.63) is 40.9 Å². The van der Waals surface area contributed by atoms with Crippen LogP contribution >= 0.6 is 11.3 Å². The SMILES string of the molecule is CC(C)c1ccc(-c2nc(C(=O)N3CCCC3CN)cs2)cc1. The van der Waals surface area contributed by atoms with E-state index < -0.39 is 0 Å². The van der Waals surface area contributed by atoms with Gasteiger partial charge in [-0.3, -0.25) is 4.79 Å². The van der Waals surface area contributed by atoms with Gasteiger partial charge in [0.1, 0.15) is 10.7 Å². The summed E-state index contributed by atoms with van der Waals surface area (Å²) in [6.07, 6.45) is 2.02. The predicted octanol–water partition coefficient (Wildman–Crippen LogP) is 3.50. The third kappa shape index (κ3) is 3.31. The number of likely N-dealkylation sites (tertiary alicyclic amines) is 1. The van der Waals surface area contributed by atoms with E-state index in [1.807, 2.05) is 10.3 Å². The van der Waals surface area contributed by atoms with E-state index in [2.05, 4.69) is 43.1 Å². The first-order valence-electron chi connectivity index (χ1n) is 8.17. The van der Waals surface area contributed by atoms with Crippen molar-refractivity contribution >= 4 is 17.2 Å². The molecule has 2 N–H and O–H groups in total. The monoisotopic (exact) mass is 329 g/mol. The number of nitrogens with two attached hydrogens (primary N) is 1. The maximum Gasteiger partial charge on any atom is 0.273 e. The molecular formula is C18H23N3OS. The second-order valence-corrected chi connectivity index (χ2v) is 7.20. The molecule has 1 aromatic carbocycles. The van der Waals surface area contributed by atoms with Gasteiger partial charge in [0.15, 0.2) is 0 Å². The van der Waals surface area contributed by atoms with E-state index in [-0.39, 0.29) is 11.9 Å². The Morgan fingerprint density at radius 3 is 2.78 bits per heavy atom.